The minimum Gasteiger partial charge on any atom is -0.310 e. The molecule has 0 aliphatic heterocycles. The highest BCUT2D eigenvalue weighted by Gasteiger charge is 2.16. The Morgan fingerprint density at radius 1 is 0.358 bits per heavy atom. The Hall–Kier alpha value is -6.96. The van der Waals surface area contributed by atoms with E-state index in [2.05, 4.69) is 242 Å². The maximum Gasteiger partial charge on any atom is 0.0540 e. The van der Waals surface area contributed by atoms with Gasteiger partial charge in [-0.25, -0.2) is 0 Å². The molecule has 0 atom stereocenters. The number of hydrogen-bond donors (Lipinski definition) is 0. The average molecular weight is 678 g/mol. The van der Waals surface area contributed by atoms with Gasteiger partial charge >= 0.3 is 0 Å². The molecule has 0 heterocycles. The van der Waals surface area contributed by atoms with Crippen molar-refractivity contribution in [1.29, 1.82) is 0 Å². The zero-order valence-corrected chi connectivity index (χ0v) is 29.5. The first-order valence-electron chi connectivity index (χ1n) is 18.1. The van der Waals surface area contributed by atoms with E-state index in [4.69, 9.17) is 0 Å². The third-order valence-electron chi connectivity index (χ3n) is 9.53. The Bertz CT molecular complexity index is 2410. The molecule has 53 heavy (non-hydrogen) atoms. The molecular weight excluding hydrogens is 639 g/mol. The third kappa shape index (κ3) is 7.56. The highest BCUT2D eigenvalue weighted by atomic mass is 15.1. The van der Waals surface area contributed by atoms with E-state index in [9.17, 15) is 0 Å². The van der Waals surface area contributed by atoms with Gasteiger partial charge in [-0.05, 0) is 86.3 Å². The highest BCUT2D eigenvalue weighted by molar-refractivity contribution is 6.03. The maximum absolute atomic E-state index is 2.36. The van der Waals surface area contributed by atoms with E-state index in [1.807, 2.05) is 0 Å². The highest BCUT2D eigenvalue weighted by Crippen LogP contribution is 2.40. The fourth-order valence-corrected chi connectivity index (χ4v) is 6.95. The molecule has 0 radical (unpaired) electrons. The standard InChI is InChI=1S/C52H39N/c1-6-19-41(20-7-1)48(42-21-8-2-9-22-42)32-18-27-45-35-38-52(50-31-17-16-30-49(45)50)53(46-28-14-5-15-29-46)47-36-33-40(34-37-47)39-51(43-23-10-3-11-24-43)44-25-12-4-13-26-44/h1-39H/b27-18+. The lowest BCUT2D eigenvalue weighted by molar-refractivity contribution is 1.29. The van der Waals surface area contributed by atoms with Crippen LogP contribution in [-0.4, -0.2) is 0 Å². The van der Waals surface area contributed by atoms with E-state index in [0.717, 1.165) is 22.6 Å². The topological polar surface area (TPSA) is 3.24 Å². The van der Waals surface area contributed by atoms with Gasteiger partial charge in [0.2, 0.25) is 0 Å². The fraction of sp³-hybridized carbons (Fsp3) is 0. The van der Waals surface area contributed by atoms with Crippen LogP contribution >= 0.6 is 0 Å². The molecule has 8 aromatic carbocycles. The van der Waals surface area contributed by atoms with E-state index in [1.165, 1.54) is 49.7 Å². The number of fused-ring (bicyclic) bond motifs is 1. The van der Waals surface area contributed by atoms with Crippen LogP contribution in [0.3, 0.4) is 0 Å². The van der Waals surface area contributed by atoms with Crippen LogP contribution in [0, 0.1) is 0 Å². The minimum atomic E-state index is 1.10. The van der Waals surface area contributed by atoms with Crippen LogP contribution in [0.4, 0.5) is 17.1 Å². The number of rotatable bonds is 10. The third-order valence-corrected chi connectivity index (χ3v) is 9.53. The van der Waals surface area contributed by atoms with Crippen LogP contribution in [0.15, 0.2) is 224 Å². The van der Waals surface area contributed by atoms with Crippen LogP contribution in [0.25, 0.3) is 34.1 Å². The van der Waals surface area contributed by atoms with Gasteiger partial charge < -0.3 is 4.90 Å². The predicted molar refractivity (Wildman–Crippen MR) is 227 cm³/mol. The number of hydrogen-bond acceptors (Lipinski definition) is 1. The summed E-state index contributed by atoms with van der Waals surface area (Å²) < 4.78 is 0. The lowest BCUT2D eigenvalue weighted by atomic mass is 9.95. The van der Waals surface area contributed by atoms with Gasteiger partial charge in [0.25, 0.3) is 0 Å². The Balaban J connectivity index is 1.18. The smallest absolute Gasteiger partial charge is 0.0540 e. The fourth-order valence-electron chi connectivity index (χ4n) is 6.95. The van der Waals surface area contributed by atoms with Crippen LogP contribution in [0.2, 0.25) is 0 Å². The summed E-state index contributed by atoms with van der Waals surface area (Å²) in [4.78, 5) is 2.36. The summed E-state index contributed by atoms with van der Waals surface area (Å²) in [5.41, 5.74) is 12.8. The summed E-state index contributed by atoms with van der Waals surface area (Å²) in [5.74, 6) is 0. The molecule has 0 bridgehead atoms. The molecule has 0 fully saturated rings. The first-order valence-corrected chi connectivity index (χ1v) is 18.1. The van der Waals surface area contributed by atoms with Crippen LogP contribution in [0.5, 0.6) is 0 Å². The zero-order chi connectivity index (χ0) is 35.7. The molecule has 0 aliphatic carbocycles. The largest absolute Gasteiger partial charge is 0.310 e. The van der Waals surface area contributed by atoms with Gasteiger partial charge in [0.15, 0.2) is 0 Å². The second-order valence-electron chi connectivity index (χ2n) is 12.9. The monoisotopic (exact) mass is 677 g/mol. The summed E-state index contributed by atoms with van der Waals surface area (Å²) >= 11 is 0. The quantitative estimate of drug-likeness (QED) is 0.103. The first-order chi connectivity index (χ1) is 26.3. The average Bonchev–Trinajstić information content (AvgIpc) is 3.24. The van der Waals surface area contributed by atoms with Gasteiger partial charge in [-0.15, -0.1) is 0 Å². The number of anilines is 3. The van der Waals surface area contributed by atoms with E-state index < -0.39 is 0 Å². The van der Waals surface area contributed by atoms with Gasteiger partial charge in [-0.1, -0.05) is 200 Å². The Labute approximate surface area is 312 Å². The van der Waals surface area contributed by atoms with Crippen molar-refractivity contribution in [3.05, 3.63) is 258 Å². The zero-order valence-electron chi connectivity index (χ0n) is 29.5. The lowest BCUT2D eigenvalue weighted by Gasteiger charge is -2.27. The molecule has 0 N–H and O–H groups in total. The molecule has 0 aliphatic rings. The summed E-state index contributed by atoms with van der Waals surface area (Å²) in [7, 11) is 0. The molecule has 1 heteroatoms. The van der Waals surface area contributed by atoms with Crippen LogP contribution in [0.1, 0.15) is 33.4 Å². The molecule has 8 rings (SSSR count). The molecule has 0 spiro atoms. The lowest BCUT2D eigenvalue weighted by Crippen LogP contribution is -2.10. The van der Waals surface area contributed by atoms with E-state index in [1.54, 1.807) is 0 Å². The Morgan fingerprint density at radius 3 is 1.32 bits per heavy atom. The van der Waals surface area contributed by atoms with Gasteiger partial charge in [0.1, 0.15) is 0 Å². The summed E-state index contributed by atoms with van der Waals surface area (Å²) in [5, 5.41) is 2.39. The molecule has 252 valence electrons. The number of benzene rings is 8. The summed E-state index contributed by atoms with van der Waals surface area (Å²) in [6.07, 6.45) is 8.91. The molecule has 8 aromatic rings. The van der Waals surface area contributed by atoms with Gasteiger partial charge in [0.05, 0.1) is 5.69 Å². The van der Waals surface area contributed by atoms with Gasteiger partial charge in [0, 0.05) is 16.8 Å². The van der Waals surface area contributed by atoms with Crippen molar-refractivity contribution in [2.45, 2.75) is 0 Å². The molecule has 0 unspecified atom stereocenters. The maximum atomic E-state index is 2.36. The number of para-hydroxylation sites is 1. The van der Waals surface area contributed by atoms with E-state index in [-0.39, 0.29) is 0 Å². The number of allylic oxidation sites excluding steroid dienone is 2. The first kappa shape index (κ1) is 33.2. The molecule has 0 saturated carbocycles. The normalized spacial score (nSPS) is 10.9. The van der Waals surface area contributed by atoms with E-state index in [0.29, 0.717) is 0 Å². The van der Waals surface area contributed by atoms with Gasteiger partial charge in [-0.3, -0.25) is 0 Å². The summed E-state index contributed by atoms with van der Waals surface area (Å²) in [6, 6.07) is 75.2. The van der Waals surface area contributed by atoms with Crippen molar-refractivity contribution < 1.29 is 0 Å². The Kier molecular flexibility index (Phi) is 9.98. The van der Waals surface area contributed by atoms with Crippen molar-refractivity contribution in [3.8, 4) is 0 Å². The van der Waals surface area contributed by atoms with Crippen molar-refractivity contribution in [1.82, 2.24) is 0 Å². The van der Waals surface area contributed by atoms with Crippen LogP contribution < -0.4 is 4.90 Å². The molecule has 1 nitrogen and oxygen atoms in total. The summed E-state index contributed by atoms with van der Waals surface area (Å²) in [6.45, 7) is 0. The molecule has 0 aromatic heterocycles. The van der Waals surface area contributed by atoms with Crippen molar-refractivity contribution in [2.24, 2.45) is 0 Å². The number of nitrogens with zero attached hydrogens (tertiary/aromatic N) is 1. The van der Waals surface area contributed by atoms with Crippen molar-refractivity contribution >= 4 is 51.1 Å². The molecule has 0 saturated heterocycles. The minimum absolute atomic E-state index is 1.10. The Morgan fingerprint density at radius 2 is 0.792 bits per heavy atom. The van der Waals surface area contributed by atoms with Crippen LogP contribution in [-0.2, 0) is 0 Å². The van der Waals surface area contributed by atoms with Gasteiger partial charge in [-0.2, -0.15) is 0 Å². The second-order valence-corrected chi connectivity index (χ2v) is 12.9. The van der Waals surface area contributed by atoms with E-state index >= 15 is 0 Å². The van der Waals surface area contributed by atoms with Crippen molar-refractivity contribution in [2.75, 3.05) is 4.90 Å². The molecule has 0 amide bonds. The predicted octanol–water partition coefficient (Wildman–Crippen LogP) is 14.0. The second kappa shape index (κ2) is 15.9. The molecular formula is C52H39N. The van der Waals surface area contributed by atoms with Crippen molar-refractivity contribution in [3.63, 3.8) is 0 Å². The SMILES string of the molecule is C(/C=C/c1ccc(N(c2ccccc2)c2ccc(C=C(c3ccccc3)c3ccccc3)cc2)c2ccccc12)=C(c1ccccc1)c1ccccc1.